The third-order valence-electron chi connectivity index (χ3n) is 4.77. The number of nitrogens with one attached hydrogen (secondary N) is 1. The van der Waals surface area contributed by atoms with E-state index in [1.54, 1.807) is 0 Å². The first-order chi connectivity index (χ1) is 11.7. The van der Waals surface area contributed by atoms with E-state index in [-0.39, 0.29) is 0 Å². The number of piperidine rings is 1. The number of nitrogens with zero attached hydrogens (tertiary/aromatic N) is 2. The molecule has 0 amide bonds. The van der Waals surface area contributed by atoms with Gasteiger partial charge < -0.3 is 19.7 Å². The van der Waals surface area contributed by atoms with Gasteiger partial charge in [-0.25, -0.2) is 0 Å². The van der Waals surface area contributed by atoms with Crippen LogP contribution in [-0.2, 0) is 9.47 Å². The largest absolute Gasteiger partial charge is 0.376 e. The molecule has 0 aromatic carbocycles. The van der Waals surface area contributed by atoms with Crippen molar-refractivity contribution in [1.82, 2.24) is 10.2 Å². The molecule has 6 heteroatoms. The number of ether oxygens (including phenoxy) is 2. The fourth-order valence-electron chi connectivity index (χ4n) is 3.13. The van der Waals surface area contributed by atoms with Crippen LogP contribution < -0.4 is 5.32 Å². The van der Waals surface area contributed by atoms with Gasteiger partial charge in [0.15, 0.2) is 5.96 Å². The molecule has 2 saturated heterocycles. The number of likely N-dealkylation sites (tertiary alicyclic amines) is 1. The van der Waals surface area contributed by atoms with Gasteiger partial charge in [0.2, 0.25) is 0 Å². The maximum absolute atomic E-state index is 6.11. The zero-order chi connectivity index (χ0) is 17.2. The molecule has 0 bridgehead atoms. The molecule has 2 rings (SSSR count). The number of guanidine groups is 1. The second-order valence-corrected chi connectivity index (χ2v) is 8.03. The molecule has 0 aliphatic carbocycles. The van der Waals surface area contributed by atoms with Crippen LogP contribution in [0, 0.1) is 0 Å². The predicted octanol–water partition coefficient (Wildman–Crippen LogP) is 2.75. The Balaban J connectivity index is 1.72. The Bertz CT molecular complexity index is 367. The van der Waals surface area contributed by atoms with Crippen LogP contribution >= 0.6 is 11.8 Å². The zero-order valence-electron chi connectivity index (χ0n) is 15.6. The zero-order valence-corrected chi connectivity index (χ0v) is 16.4. The van der Waals surface area contributed by atoms with Gasteiger partial charge in [-0.15, -0.1) is 0 Å². The van der Waals surface area contributed by atoms with Crippen LogP contribution in [0.1, 0.15) is 46.0 Å². The van der Waals surface area contributed by atoms with Crippen LogP contribution in [0.3, 0.4) is 0 Å². The quantitative estimate of drug-likeness (QED) is 0.561. The minimum Gasteiger partial charge on any atom is -0.376 e. The maximum Gasteiger partial charge on any atom is 0.193 e. The van der Waals surface area contributed by atoms with E-state index in [2.05, 4.69) is 30.3 Å². The number of rotatable bonds is 7. The van der Waals surface area contributed by atoms with Crippen molar-refractivity contribution < 1.29 is 9.47 Å². The lowest BCUT2D eigenvalue weighted by molar-refractivity contribution is -0.0721. The molecule has 140 valence electrons. The summed E-state index contributed by atoms with van der Waals surface area (Å²) in [6.45, 7) is 9.87. The highest BCUT2D eigenvalue weighted by Gasteiger charge is 2.23. The maximum atomic E-state index is 6.11. The van der Waals surface area contributed by atoms with Gasteiger partial charge in [0, 0.05) is 31.5 Å². The van der Waals surface area contributed by atoms with Crippen LogP contribution in [-0.4, -0.2) is 74.0 Å². The Kier molecular flexibility index (Phi) is 9.28. The number of hydrogen-bond acceptors (Lipinski definition) is 4. The lowest BCUT2D eigenvalue weighted by atomic mass is 10.1. The van der Waals surface area contributed by atoms with E-state index in [1.807, 2.05) is 11.8 Å². The smallest absolute Gasteiger partial charge is 0.193 e. The molecular formula is C18H35N3O2S. The molecule has 0 saturated carbocycles. The van der Waals surface area contributed by atoms with Crippen molar-refractivity contribution >= 4 is 17.7 Å². The van der Waals surface area contributed by atoms with Gasteiger partial charge >= 0.3 is 0 Å². The van der Waals surface area contributed by atoms with Gasteiger partial charge in [-0.05, 0) is 45.3 Å². The van der Waals surface area contributed by atoms with E-state index in [1.165, 1.54) is 12.8 Å². The van der Waals surface area contributed by atoms with E-state index >= 15 is 0 Å². The molecule has 0 aromatic rings. The molecule has 0 aromatic heterocycles. The molecule has 2 aliphatic rings. The van der Waals surface area contributed by atoms with Crippen LogP contribution in [0.5, 0.6) is 0 Å². The molecule has 2 fully saturated rings. The van der Waals surface area contributed by atoms with Crippen molar-refractivity contribution in [1.29, 1.82) is 0 Å². The molecule has 2 heterocycles. The van der Waals surface area contributed by atoms with E-state index in [9.17, 15) is 0 Å². The topological polar surface area (TPSA) is 46.1 Å². The highest BCUT2D eigenvalue weighted by molar-refractivity contribution is 7.99. The molecule has 0 spiro atoms. The summed E-state index contributed by atoms with van der Waals surface area (Å²) in [6, 6.07) is 0. The lowest BCUT2D eigenvalue weighted by Crippen LogP contribution is -2.47. The van der Waals surface area contributed by atoms with Crippen LogP contribution in [0.4, 0.5) is 0 Å². The van der Waals surface area contributed by atoms with Gasteiger partial charge in [-0.2, -0.15) is 11.8 Å². The predicted molar refractivity (Wildman–Crippen MR) is 103 cm³/mol. The monoisotopic (exact) mass is 357 g/mol. The summed E-state index contributed by atoms with van der Waals surface area (Å²) in [6.07, 6.45) is 8.64. The van der Waals surface area contributed by atoms with Crippen LogP contribution in [0.2, 0.25) is 0 Å². The Labute approximate surface area is 151 Å². The molecule has 2 unspecified atom stereocenters. The SMILES string of the molecule is CCNC(=NCC(C)SC)N1CCC(OCC2CCCCO2)CC1. The van der Waals surface area contributed by atoms with Gasteiger partial charge in [-0.3, -0.25) is 4.99 Å². The normalized spacial score (nSPS) is 24.9. The Morgan fingerprint density at radius 3 is 2.75 bits per heavy atom. The van der Waals surface area contributed by atoms with Gasteiger partial charge in [-0.1, -0.05) is 6.92 Å². The van der Waals surface area contributed by atoms with E-state index < -0.39 is 0 Å². The highest BCUT2D eigenvalue weighted by atomic mass is 32.2. The summed E-state index contributed by atoms with van der Waals surface area (Å²) in [4.78, 5) is 7.18. The van der Waals surface area contributed by atoms with Crippen LogP contribution in [0.25, 0.3) is 0 Å². The summed E-state index contributed by atoms with van der Waals surface area (Å²) in [5, 5.41) is 4.00. The van der Waals surface area contributed by atoms with Gasteiger partial charge in [0.1, 0.15) is 0 Å². The molecular weight excluding hydrogens is 322 g/mol. The first-order valence-corrected chi connectivity index (χ1v) is 10.8. The summed E-state index contributed by atoms with van der Waals surface area (Å²) in [5.74, 6) is 1.06. The van der Waals surface area contributed by atoms with Crippen molar-refractivity contribution in [3.05, 3.63) is 0 Å². The van der Waals surface area contributed by atoms with Crippen molar-refractivity contribution in [2.24, 2.45) is 4.99 Å². The lowest BCUT2D eigenvalue weighted by Gasteiger charge is -2.35. The molecule has 2 atom stereocenters. The minimum atomic E-state index is 0.323. The number of hydrogen-bond donors (Lipinski definition) is 1. The second-order valence-electron chi connectivity index (χ2n) is 6.75. The molecule has 0 radical (unpaired) electrons. The number of thioether (sulfide) groups is 1. The van der Waals surface area contributed by atoms with Crippen molar-refractivity contribution in [3.63, 3.8) is 0 Å². The van der Waals surface area contributed by atoms with Crippen molar-refractivity contribution in [3.8, 4) is 0 Å². The summed E-state index contributed by atoms with van der Waals surface area (Å²) < 4.78 is 11.9. The molecule has 1 N–H and O–H groups in total. The minimum absolute atomic E-state index is 0.323. The Morgan fingerprint density at radius 1 is 1.33 bits per heavy atom. The molecule has 5 nitrogen and oxygen atoms in total. The first kappa shape index (κ1) is 19.9. The fraction of sp³-hybridized carbons (Fsp3) is 0.944. The van der Waals surface area contributed by atoms with Crippen LogP contribution in [0.15, 0.2) is 4.99 Å². The standard InChI is InChI=1S/C18H35N3O2S/c1-4-19-18(20-13-15(2)24-3)21-10-8-16(9-11-21)23-14-17-7-5-6-12-22-17/h15-17H,4-14H2,1-3H3,(H,19,20). The van der Waals surface area contributed by atoms with Crippen molar-refractivity contribution in [2.75, 3.05) is 45.6 Å². The van der Waals surface area contributed by atoms with E-state index in [0.29, 0.717) is 17.5 Å². The van der Waals surface area contributed by atoms with E-state index in [0.717, 1.165) is 64.6 Å². The fourth-order valence-corrected chi connectivity index (χ4v) is 3.36. The summed E-state index contributed by atoms with van der Waals surface area (Å²) >= 11 is 1.87. The highest BCUT2D eigenvalue weighted by Crippen LogP contribution is 2.18. The number of aliphatic imine (C=N–C) groups is 1. The summed E-state index contributed by atoms with van der Waals surface area (Å²) in [5.41, 5.74) is 0. The molecule has 24 heavy (non-hydrogen) atoms. The molecule has 2 aliphatic heterocycles. The Morgan fingerprint density at radius 2 is 2.12 bits per heavy atom. The van der Waals surface area contributed by atoms with Crippen molar-refractivity contribution in [2.45, 2.75) is 63.4 Å². The summed E-state index contributed by atoms with van der Waals surface area (Å²) in [7, 11) is 0. The second kappa shape index (κ2) is 11.2. The first-order valence-electron chi connectivity index (χ1n) is 9.52. The average molecular weight is 358 g/mol. The van der Waals surface area contributed by atoms with Gasteiger partial charge in [0.05, 0.1) is 25.4 Å². The third-order valence-corrected chi connectivity index (χ3v) is 5.72. The average Bonchev–Trinajstić information content (AvgIpc) is 2.64. The van der Waals surface area contributed by atoms with E-state index in [4.69, 9.17) is 14.5 Å². The van der Waals surface area contributed by atoms with Gasteiger partial charge in [0.25, 0.3) is 0 Å². The third kappa shape index (κ3) is 6.81. The Hall–Kier alpha value is -0.460.